The summed E-state index contributed by atoms with van der Waals surface area (Å²) in [6.45, 7) is 5.93. The Morgan fingerprint density at radius 1 is 1.33 bits per heavy atom. The van der Waals surface area contributed by atoms with Crippen LogP contribution in [0.1, 0.15) is 39.5 Å². The molecule has 0 spiro atoms. The number of likely N-dealkylation sites (tertiary alicyclic amines) is 1. The van der Waals surface area contributed by atoms with Crippen LogP contribution < -0.4 is 0 Å². The highest BCUT2D eigenvalue weighted by Gasteiger charge is 2.21. The van der Waals surface area contributed by atoms with Gasteiger partial charge in [-0.15, -0.1) is 0 Å². The molecule has 0 bridgehead atoms. The third-order valence-corrected chi connectivity index (χ3v) is 2.80. The Hall–Kier alpha value is -0.0800. The van der Waals surface area contributed by atoms with Crippen LogP contribution in [0, 0.1) is 0 Å². The van der Waals surface area contributed by atoms with Crippen molar-refractivity contribution in [3.8, 4) is 0 Å². The van der Waals surface area contributed by atoms with E-state index >= 15 is 0 Å². The Labute approximate surface area is 75.6 Å². The number of rotatable bonds is 2. The van der Waals surface area contributed by atoms with Gasteiger partial charge in [0.05, 0.1) is 6.61 Å². The first kappa shape index (κ1) is 10.0. The van der Waals surface area contributed by atoms with Gasteiger partial charge in [-0.05, 0) is 33.2 Å². The van der Waals surface area contributed by atoms with Gasteiger partial charge in [0.25, 0.3) is 0 Å². The molecule has 2 heteroatoms. The second-order valence-corrected chi connectivity index (χ2v) is 4.02. The van der Waals surface area contributed by atoms with Crippen LogP contribution in [-0.2, 0) is 0 Å². The van der Waals surface area contributed by atoms with E-state index < -0.39 is 0 Å². The first-order valence-electron chi connectivity index (χ1n) is 5.12. The summed E-state index contributed by atoms with van der Waals surface area (Å²) < 4.78 is 0. The summed E-state index contributed by atoms with van der Waals surface area (Å²) in [5, 5.41) is 9.19. The molecular weight excluding hydrogens is 150 g/mol. The van der Waals surface area contributed by atoms with Crippen LogP contribution in [0.3, 0.4) is 0 Å². The van der Waals surface area contributed by atoms with E-state index in [1.807, 2.05) is 0 Å². The van der Waals surface area contributed by atoms with Crippen molar-refractivity contribution >= 4 is 0 Å². The Bertz CT molecular complexity index is 125. The van der Waals surface area contributed by atoms with E-state index in [4.69, 9.17) is 0 Å². The SMILES string of the molecule is CC(C)N1CCCCCC1CO. The largest absolute Gasteiger partial charge is 0.395 e. The maximum Gasteiger partial charge on any atom is 0.0586 e. The van der Waals surface area contributed by atoms with Crippen molar-refractivity contribution in [2.75, 3.05) is 13.2 Å². The molecule has 1 fully saturated rings. The van der Waals surface area contributed by atoms with Gasteiger partial charge in [-0.1, -0.05) is 12.8 Å². The van der Waals surface area contributed by atoms with Gasteiger partial charge >= 0.3 is 0 Å². The topological polar surface area (TPSA) is 23.5 Å². The lowest BCUT2D eigenvalue weighted by molar-refractivity contribution is 0.0979. The minimum absolute atomic E-state index is 0.332. The lowest BCUT2D eigenvalue weighted by Crippen LogP contribution is -2.42. The third-order valence-electron chi connectivity index (χ3n) is 2.80. The van der Waals surface area contributed by atoms with Crippen LogP contribution in [0.15, 0.2) is 0 Å². The van der Waals surface area contributed by atoms with E-state index in [-0.39, 0.29) is 0 Å². The number of aliphatic hydroxyl groups is 1. The van der Waals surface area contributed by atoms with E-state index in [9.17, 15) is 5.11 Å². The lowest BCUT2D eigenvalue weighted by Gasteiger charge is -2.31. The van der Waals surface area contributed by atoms with Gasteiger partial charge in [-0.2, -0.15) is 0 Å². The van der Waals surface area contributed by atoms with Gasteiger partial charge in [0.1, 0.15) is 0 Å². The van der Waals surface area contributed by atoms with E-state index in [0.717, 1.165) is 0 Å². The first-order valence-corrected chi connectivity index (χ1v) is 5.12. The molecule has 1 unspecified atom stereocenters. The summed E-state index contributed by atoms with van der Waals surface area (Å²) in [6, 6.07) is 1.01. The molecule has 1 N–H and O–H groups in total. The average Bonchev–Trinajstić information content (AvgIpc) is 2.27. The molecule has 1 atom stereocenters. The van der Waals surface area contributed by atoms with Crippen LogP contribution >= 0.6 is 0 Å². The number of nitrogens with zero attached hydrogens (tertiary/aromatic N) is 1. The van der Waals surface area contributed by atoms with Crippen LogP contribution in [0.5, 0.6) is 0 Å². The van der Waals surface area contributed by atoms with Crippen molar-refractivity contribution in [3.05, 3.63) is 0 Å². The lowest BCUT2D eigenvalue weighted by atomic mass is 10.1. The quantitative estimate of drug-likeness (QED) is 0.682. The fourth-order valence-corrected chi connectivity index (χ4v) is 2.08. The molecule has 1 aliphatic heterocycles. The number of hydrogen-bond donors (Lipinski definition) is 1. The zero-order valence-corrected chi connectivity index (χ0v) is 8.29. The van der Waals surface area contributed by atoms with Gasteiger partial charge in [-0.3, -0.25) is 4.90 Å². The molecule has 1 aliphatic rings. The van der Waals surface area contributed by atoms with Crippen molar-refractivity contribution in [2.45, 2.75) is 51.6 Å². The van der Waals surface area contributed by atoms with Gasteiger partial charge in [0.15, 0.2) is 0 Å². The minimum Gasteiger partial charge on any atom is -0.395 e. The maximum absolute atomic E-state index is 9.19. The molecular formula is C10H21NO. The highest BCUT2D eigenvalue weighted by Crippen LogP contribution is 2.18. The standard InChI is InChI=1S/C10H21NO/c1-9(2)11-7-5-3-4-6-10(11)8-12/h9-10,12H,3-8H2,1-2H3. The smallest absolute Gasteiger partial charge is 0.0586 e. The van der Waals surface area contributed by atoms with E-state index in [1.165, 1.54) is 32.2 Å². The van der Waals surface area contributed by atoms with Crippen molar-refractivity contribution in [3.63, 3.8) is 0 Å². The van der Waals surface area contributed by atoms with Crippen LogP contribution in [-0.4, -0.2) is 35.2 Å². The second kappa shape index (κ2) is 4.83. The van der Waals surface area contributed by atoms with Crippen LogP contribution in [0.4, 0.5) is 0 Å². The van der Waals surface area contributed by atoms with Crippen molar-refractivity contribution < 1.29 is 5.11 Å². The van der Waals surface area contributed by atoms with Crippen molar-refractivity contribution in [1.29, 1.82) is 0 Å². The molecule has 0 aromatic carbocycles. The summed E-state index contributed by atoms with van der Waals surface area (Å²) in [6.07, 6.45) is 5.09. The van der Waals surface area contributed by atoms with Crippen LogP contribution in [0.2, 0.25) is 0 Å². The Kier molecular flexibility index (Phi) is 4.02. The predicted molar refractivity (Wildman–Crippen MR) is 51.2 cm³/mol. The van der Waals surface area contributed by atoms with Gasteiger partial charge in [-0.25, -0.2) is 0 Å². The van der Waals surface area contributed by atoms with Crippen molar-refractivity contribution in [2.24, 2.45) is 0 Å². The first-order chi connectivity index (χ1) is 5.75. The molecule has 0 aliphatic carbocycles. The molecule has 12 heavy (non-hydrogen) atoms. The zero-order valence-electron chi connectivity index (χ0n) is 8.29. The summed E-state index contributed by atoms with van der Waals surface area (Å²) in [7, 11) is 0. The summed E-state index contributed by atoms with van der Waals surface area (Å²) in [4.78, 5) is 2.44. The van der Waals surface area contributed by atoms with Gasteiger partial charge in [0, 0.05) is 12.1 Å². The highest BCUT2D eigenvalue weighted by molar-refractivity contribution is 4.76. The Morgan fingerprint density at radius 3 is 2.67 bits per heavy atom. The molecule has 0 radical (unpaired) electrons. The zero-order chi connectivity index (χ0) is 8.97. The fraction of sp³-hybridized carbons (Fsp3) is 1.00. The predicted octanol–water partition coefficient (Wildman–Crippen LogP) is 1.63. The Balaban J connectivity index is 2.51. The monoisotopic (exact) mass is 171 g/mol. The minimum atomic E-state index is 0.332. The summed E-state index contributed by atoms with van der Waals surface area (Å²) in [5.74, 6) is 0. The Morgan fingerprint density at radius 2 is 2.08 bits per heavy atom. The number of hydrogen-bond acceptors (Lipinski definition) is 2. The van der Waals surface area contributed by atoms with Crippen molar-refractivity contribution in [1.82, 2.24) is 4.90 Å². The normalized spacial score (nSPS) is 27.5. The molecule has 2 nitrogen and oxygen atoms in total. The molecule has 0 saturated carbocycles. The third kappa shape index (κ3) is 2.46. The second-order valence-electron chi connectivity index (χ2n) is 4.02. The molecule has 1 rings (SSSR count). The number of aliphatic hydroxyl groups excluding tert-OH is 1. The van der Waals surface area contributed by atoms with Gasteiger partial charge < -0.3 is 5.11 Å². The summed E-state index contributed by atoms with van der Waals surface area (Å²) >= 11 is 0. The molecule has 0 amide bonds. The average molecular weight is 171 g/mol. The molecule has 0 aromatic heterocycles. The molecule has 72 valence electrons. The fourth-order valence-electron chi connectivity index (χ4n) is 2.08. The van der Waals surface area contributed by atoms with E-state index in [1.54, 1.807) is 0 Å². The van der Waals surface area contributed by atoms with E-state index in [0.29, 0.717) is 18.7 Å². The van der Waals surface area contributed by atoms with Crippen LogP contribution in [0.25, 0.3) is 0 Å². The van der Waals surface area contributed by atoms with Gasteiger partial charge in [0.2, 0.25) is 0 Å². The molecule has 1 heterocycles. The highest BCUT2D eigenvalue weighted by atomic mass is 16.3. The summed E-state index contributed by atoms with van der Waals surface area (Å²) in [5.41, 5.74) is 0. The van der Waals surface area contributed by atoms with E-state index in [2.05, 4.69) is 18.7 Å². The maximum atomic E-state index is 9.19. The molecule has 1 saturated heterocycles. The molecule has 0 aromatic rings.